The van der Waals surface area contributed by atoms with E-state index < -0.39 is 6.18 Å². The SMILES string of the molecule is [CH-]=CC(F)(F)F.[Y]. The maximum absolute atomic E-state index is 10.6. The Labute approximate surface area is 64.7 Å². The van der Waals surface area contributed by atoms with Gasteiger partial charge in [-0.15, -0.1) is 0 Å². The van der Waals surface area contributed by atoms with E-state index in [1.54, 1.807) is 0 Å². The van der Waals surface area contributed by atoms with Crippen LogP contribution < -0.4 is 0 Å². The van der Waals surface area contributed by atoms with Crippen molar-refractivity contribution in [3.05, 3.63) is 12.7 Å². The van der Waals surface area contributed by atoms with Crippen molar-refractivity contribution in [3.8, 4) is 0 Å². The normalized spacial score (nSPS) is 9.57. The van der Waals surface area contributed by atoms with Gasteiger partial charge in [-0.3, -0.25) is 0 Å². The Kier molecular flexibility index (Phi) is 5.46. The fourth-order valence-electron chi connectivity index (χ4n) is 0. The summed E-state index contributed by atoms with van der Waals surface area (Å²) in [6, 6.07) is 0. The molecule has 0 aromatic heterocycles. The first-order chi connectivity index (χ1) is 2.56. The van der Waals surface area contributed by atoms with E-state index in [1.165, 1.54) is 0 Å². The van der Waals surface area contributed by atoms with Crippen LogP contribution in [-0.4, -0.2) is 6.18 Å². The number of hydrogen-bond acceptors (Lipinski definition) is 0. The molecule has 0 saturated carbocycles. The van der Waals surface area contributed by atoms with E-state index in [0.717, 1.165) is 0 Å². The maximum atomic E-state index is 10.6. The average Bonchev–Trinajstić information content (AvgIpc) is 1.35. The Morgan fingerprint density at radius 1 is 1.29 bits per heavy atom. The summed E-state index contributed by atoms with van der Waals surface area (Å²) < 4.78 is 31.8. The molecule has 0 aromatic carbocycles. The molecule has 39 valence electrons. The molecule has 0 saturated heterocycles. The zero-order chi connectivity index (χ0) is 5.21. The molecule has 0 nitrogen and oxygen atoms in total. The summed E-state index contributed by atoms with van der Waals surface area (Å²) in [5, 5.41) is 0. The fourth-order valence-corrected chi connectivity index (χ4v) is 0. The van der Waals surface area contributed by atoms with Crippen molar-refractivity contribution < 1.29 is 45.9 Å². The van der Waals surface area contributed by atoms with Gasteiger partial charge in [0.2, 0.25) is 0 Å². The average molecular weight is 184 g/mol. The Morgan fingerprint density at radius 3 is 1.43 bits per heavy atom. The van der Waals surface area contributed by atoms with Gasteiger partial charge in [-0.25, -0.2) is 0 Å². The second-order valence-electron chi connectivity index (χ2n) is 0.708. The molecule has 0 bridgehead atoms. The van der Waals surface area contributed by atoms with Crippen molar-refractivity contribution in [3.63, 3.8) is 0 Å². The summed E-state index contributed by atoms with van der Waals surface area (Å²) in [5.41, 5.74) is 0. The van der Waals surface area contributed by atoms with Crippen molar-refractivity contribution in [2.45, 2.75) is 6.18 Å². The molecular formula is C3H2F3Y-. The quantitative estimate of drug-likeness (QED) is 0.500. The van der Waals surface area contributed by atoms with Gasteiger partial charge in [-0.05, 0) is 0 Å². The monoisotopic (exact) mass is 184 g/mol. The minimum atomic E-state index is -4.31. The summed E-state index contributed by atoms with van der Waals surface area (Å²) in [5.74, 6) is 0. The Balaban J connectivity index is 0. The first kappa shape index (κ1) is 10.6. The number of rotatable bonds is 0. The van der Waals surface area contributed by atoms with E-state index in [0.29, 0.717) is 0 Å². The van der Waals surface area contributed by atoms with Gasteiger partial charge in [-0.2, -0.15) is 19.2 Å². The predicted octanol–water partition coefficient (Wildman–Crippen LogP) is 1.54. The van der Waals surface area contributed by atoms with Crippen molar-refractivity contribution in [1.29, 1.82) is 0 Å². The van der Waals surface area contributed by atoms with E-state index in [4.69, 9.17) is 0 Å². The van der Waals surface area contributed by atoms with E-state index in [1.807, 2.05) is 0 Å². The van der Waals surface area contributed by atoms with E-state index >= 15 is 0 Å². The minimum absolute atomic E-state index is 0. The standard InChI is InChI=1S/C3H2F3.Y/c1-2-3(4,5)6;/h1-2H;/q-1;. The van der Waals surface area contributed by atoms with Crippen LogP contribution in [0.2, 0.25) is 0 Å². The van der Waals surface area contributed by atoms with Gasteiger partial charge in [0.25, 0.3) is 0 Å². The Morgan fingerprint density at radius 2 is 1.43 bits per heavy atom. The second kappa shape index (κ2) is 3.61. The number of hydrogen-bond donors (Lipinski definition) is 0. The molecule has 0 aliphatic rings. The second-order valence-corrected chi connectivity index (χ2v) is 0.708. The summed E-state index contributed by atoms with van der Waals surface area (Å²) in [6.45, 7) is 4.06. The van der Waals surface area contributed by atoms with Crippen LogP contribution in [0, 0.1) is 6.58 Å². The van der Waals surface area contributed by atoms with Crippen LogP contribution in [-0.2, 0) is 32.7 Å². The summed E-state index contributed by atoms with van der Waals surface area (Å²) >= 11 is 0. The van der Waals surface area contributed by atoms with Gasteiger partial charge in [-0.1, -0.05) is 0 Å². The number of allylic oxidation sites excluding steroid dienone is 1. The van der Waals surface area contributed by atoms with Gasteiger partial charge in [0.15, 0.2) is 0 Å². The summed E-state index contributed by atoms with van der Waals surface area (Å²) in [4.78, 5) is 0. The molecule has 0 aliphatic heterocycles. The van der Waals surface area contributed by atoms with Gasteiger partial charge in [0, 0.05) is 32.7 Å². The molecule has 0 aliphatic carbocycles. The van der Waals surface area contributed by atoms with Crippen molar-refractivity contribution >= 4 is 0 Å². The Hall–Kier alpha value is 0.634. The van der Waals surface area contributed by atoms with Crippen LogP contribution in [0.25, 0.3) is 0 Å². The van der Waals surface area contributed by atoms with Crippen molar-refractivity contribution in [1.82, 2.24) is 0 Å². The third-order valence-electron chi connectivity index (χ3n) is 0.189. The minimum Gasteiger partial charge on any atom is -0.509 e. The molecule has 0 heterocycles. The molecule has 0 aromatic rings. The predicted molar refractivity (Wildman–Crippen MR) is 14.9 cm³/mol. The van der Waals surface area contributed by atoms with Crippen LogP contribution in [0.5, 0.6) is 0 Å². The molecule has 0 N–H and O–H groups in total. The molecule has 0 spiro atoms. The van der Waals surface area contributed by atoms with Crippen LogP contribution >= 0.6 is 0 Å². The van der Waals surface area contributed by atoms with Crippen molar-refractivity contribution in [2.75, 3.05) is 0 Å². The van der Waals surface area contributed by atoms with Gasteiger partial charge in [0.05, 0.1) is 0 Å². The smallest absolute Gasteiger partial charge is 0.378 e. The molecular weight excluding hydrogens is 182 g/mol. The van der Waals surface area contributed by atoms with Crippen LogP contribution in [0.15, 0.2) is 6.08 Å². The Bertz CT molecular complexity index is 55.7. The van der Waals surface area contributed by atoms with E-state index in [2.05, 4.69) is 6.58 Å². The van der Waals surface area contributed by atoms with Gasteiger partial charge >= 0.3 is 6.18 Å². The van der Waals surface area contributed by atoms with E-state index in [9.17, 15) is 13.2 Å². The van der Waals surface area contributed by atoms with Crippen molar-refractivity contribution in [2.24, 2.45) is 0 Å². The summed E-state index contributed by atoms with van der Waals surface area (Å²) in [6.07, 6.45) is -4.62. The van der Waals surface area contributed by atoms with Gasteiger partial charge in [0.1, 0.15) is 0 Å². The van der Waals surface area contributed by atoms with E-state index in [-0.39, 0.29) is 38.8 Å². The van der Waals surface area contributed by atoms with Gasteiger partial charge < -0.3 is 6.58 Å². The molecule has 0 amide bonds. The first-order valence-corrected chi connectivity index (χ1v) is 1.19. The molecule has 0 atom stereocenters. The fraction of sp³-hybridized carbons (Fsp3) is 0.333. The zero-order valence-corrected chi connectivity index (χ0v) is 6.20. The molecule has 1 radical (unpaired) electrons. The van der Waals surface area contributed by atoms with Crippen LogP contribution in [0.1, 0.15) is 0 Å². The molecule has 0 rings (SSSR count). The third-order valence-corrected chi connectivity index (χ3v) is 0.189. The summed E-state index contributed by atoms with van der Waals surface area (Å²) in [7, 11) is 0. The largest absolute Gasteiger partial charge is 0.509 e. The molecule has 7 heavy (non-hydrogen) atoms. The third kappa shape index (κ3) is 10.8. The first-order valence-electron chi connectivity index (χ1n) is 1.19. The molecule has 0 unspecified atom stereocenters. The van der Waals surface area contributed by atoms with Crippen LogP contribution in [0.4, 0.5) is 13.2 Å². The maximum Gasteiger partial charge on any atom is 0.378 e. The topological polar surface area (TPSA) is 0 Å². The van der Waals surface area contributed by atoms with Crippen LogP contribution in [0.3, 0.4) is 0 Å². The number of alkyl halides is 3. The zero-order valence-electron chi connectivity index (χ0n) is 3.37. The molecule has 4 heteroatoms. The molecule has 0 fully saturated rings. The number of halogens is 3.